The lowest BCUT2D eigenvalue weighted by atomic mass is 10.0. The largest absolute Gasteiger partial charge is 0.497 e. The maximum Gasteiger partial charge on any atom is 0.119 e. The fourth-order valence-electron chi connectivity index (χ4n) is 2.29. The molecular weight excluding hydrogens is 220 g/mol. The molecule has 1 aromatic carbocycles. The van der Waals surface area contributed by atoms with Crippen LogP contribution in [0.5, 0.6) is 5.75 Å². The van der Waals surface area contributed by atoms with Gasteiger partial charge in [-0.05, 0) is 41.9 Å². The van der Waals surface area contributed by atoms with Crippen molar-refractivity contribution in [1.29, 1.82) is 0 Å². The molecule has 0 aliphatic heterocycles. The highest BCUT2D eigenvalue weighted by molar-refractivity contribution is 6.21. The molecule has 88 valence electrons. The summed E-state index contributed by atoms with van der Waals surface area (Å²) in [6.07, 6.45) is 2.19. The quantitative estimate of drug-likeness (QED) is 0.724. The van der Waals surface area contributed by atoms with Crippen LogP contribution in [0, 0.1) is 11.3 Å². The van der Waals surface area contributed by atoms with Gasteiger partial charge in [-0.2, -0.15) is 0 Å². The molecule has 1 aromatic rings. The first-order chi connectivity index (χ1) is 7.53. The van der Waals surface area contributed by atoms with E-state index in [2.05, 4.69) is 26.0 Å². The average molecular weight is 239 g/mol. The highest BCUT2D eigenvalue weighted by Crippen LogP contribution is 2.55. The Morgan fingerprint density at radius 3 is 2.75 bits per heavy atom. The normalized spacial score (nSPS) is 23.9. The maximum absolute atomic E-state index is 6.45. The number of alkyl halides is 1. The molecule has 0 saturated heterocycles. The third-order valence-electron chi connectivity index (χ3n) is 3.59. The Hall–Kier alpha value is -0.690. The summed E-state index contributed by atoms with van der Waals surface area (Å²) < 4.78 is 5.21. The van der Waals surface area contributed by atoms with E-state index in [4.69, 9.17) is 16.3 Å². The molecule has 0 heterocycles. The first kappa shape index (κ1) is 11.8. The molecule has 1 saturated carbocycles. The predicted molar refractivity (Wildman–Crippen MR) is 68.2 cm³/mol. The molecule has 0 spiro atoms. The number of halogens is 1. The number of hydrogen-bond acceptors (Lipinski definition) is 1. The van der Waals surface area contributed by atoms with Gasteiger partial charge in [0.25, 0.3) is 0 Å². The van der Waals surface area contributed by atoms with Crippen molar-refractivity contribution < 1.29 is 4.74 Å². The highest BCUT2D eigenvalue weighted by atomic mass is 35.5. The van der Waals surface area contributed by atoms with Gasteiger partial charge in [-0.25, -0.2) is 0 Å². The van der Waals surface area contributed by atoms with E-state index in [9.17, 15) is 0 Å². The minimum atomic E-state index is 0.252. The van der Waals surface area contributed by atoms with E-state index in [1.807, 2.05) is 12.1 Å². The van der Waals surface area contributed by atoms with E-state index in [0.717, 1.165) is 12.2 Å². The van der Waals surface area contributed by atoms with Crippen molar-refractivity contribution >= 4 is 11.6 Å². The van der Waals surface area contributed by atoms with Crippen molar-refractivity contribution in [1.82, 2.24) is 0 Å². The average Bonchev–Trinajstić information content (AvgIpc) is 2.88. The van der Waals surface area contributed by atoms with Crippen LogP contribution in [0.1, 0.15) is 25.8 Å². The molecule has 16 heavy (non-hydrogen) atoms. The molecule has 2 atom stereocenters. The van der Waals surface area contributed by atoms with Gasteiger partial charge in [0.15, 0.2) is 0 Å². The Kier molecular flexibility index (Phi) is 3.16. The van der Waals surface area contributed by atoms with Crippen molar-refractivity contribution in [2.24, 2.45) is 11.3 Å². The maximum atomic E-state index is 6.45. The molecule has 0 radical (unpaired) electrons. The lowest BCUT2D eigenvalue weighted by Crippen LogP contribution is -2.10. The van der Waals surface area contributed by atoms with E-state index in [-0.39, 0.29) is 5.38 Å². The zero-order valence-corrected chi connectivity index (χ0v) is 10.9. The number of ether oxygens (including phenoxy) is 1. The van der Waals surface area contributed by atoms with E-state index < -0.39 is 0 Å². The van der Waals surface area contributed by atoms with Crippen LogP contribution < -0.4 is 4.74 Å². The Morgan fingerprint density at radius 2 is 2.19 bits per heavy atom. The third-order valence-corrected chi connectivity index (χ3v) is 4.05. The van der Waals surface area contributed by atoms with Crippen LogP contribution >= 0.6 is 11.6 Å². The SMILES string of the molecule is COc1cccc(CC(Cl)C2CC2(C)C)c1. The topological polar surface area (TPSA) is 9.23 Å². The van der Waals surface area contributed by atoms with Gasteiger partial charge in [0, 0.05) is 5.38 Å². The van der Waals surface area contributed by atoms with Gasteiger partial charge in [-0.1, -0.05) is 26.0 Å². The monoisotopic (exact) mass is 238 g/mol. The number of methoxy groups -OCH3 is 1. The Bertz CT molecular complexity index is 373. The molecule has 0 bridgehead atoms. The van der Waals surface area contributed by atoms with Crippen molar-refractivity contribution in [2.45, 2.75) is 32.1 Å². The van der Waals surface area contributed by atoms with Crippen LogP contribution in [0.3, 0.4) is 0 Å². The summed E-state index contributed by atoms with van der Waals surface area (Å²) >= 11 is 6.45. The molecule has 2 unspecified atom stereocenters. The molecule has 2 heteroatoms. The fourth-order valence-corrected chi connectivity index (χ4v) is 2.90. The number of benzene rings is 1. The summed E-state index contributed by atoms with van der Waals surface area (Å²) in [5, 5.41) is 0.252. The Balaban J connectivity index is 1.98. The van der Waals surface area contributed by atoms with Gasteiger partial charge in [0.05, 0.1) is 7.11 Å². The molecule has 1 nitrogen and oxygen atoms in total. The number of rotatable bonds is 4. The Labute approximate surface area is 103 Å². The zero-order valence-electron chi connectivity index (χ0n) is 10.2. The van der Waals surface area contributed by atoms with E-state index in [1.54, 1.807) is 7.11 Å². The predicted octanol–water partition coefficient (Wildman–Crippen LogP) is 3.89. The van der Waals surface area contributed by atoms with E-state index in [0.29, 0.717) is 11.3 Å². The fraction of sp³-hybridized carbons (Fsp3) is 0.571. The van der Waals surface area contributed by atoms with Crippen LogP contribution in [-0.2, 0) is 6.42 Å². The van der Waals surface area contributed by atoms with Crippen LogP contribution in [0.25, 0.3) is 0 Å². The molecule has 1 aliphatic carbocycles. The van der Waals surface area contributed by atoms with Gasteiger partial charge in [0.2, 0.25) is 0 Å². The smallest absolute Gasteiger partial charge is 0.119 e. The summed E-state index contributed by atoms with van der Waals surface area (Å²) in [7, 11) is 1.70. The molecular formula is C14H19ClO. The third kappa shape index (κ3) is 2.52. The lowest BCUT2D eigenvalue weighted by molar-refractivity contribution is 0.414. The lowest BCUT2D eigenvalue weighted by Gasteiger charge is -2.12. The molecule has 2 rings (SSSR count). The summed E-state index contributed by atoms with van der Waals surface area (Å²) in [4.78, 5) is 0. The molecule has 1 fully saturated rings. The minimum absolute atomic E-state index is 0.252. The first-order valence-electron chi connectivity index (χ1n) is 5.80. The second kappa shape index (κ2) is 4.29. The highest BCUT2D eigenvalue weighted by Gasteiger charge is 2.49. The second-order valence-electron chi connectivity index (χ2n) is 5.37. The second-order valence-corrected chi connectivity index (χ2v) is 5.93. The van der Waals surface area contributed by atoms with E-state index in [1.165, 1.54) is 12.0 Å². The number of hydrogen-bond donors (Lipinski definition) is 0. The van der Waals surface area contributed by atoms with Gasteiger partial charge in [-0.15, -0.1) is 11.6 Å². The van der Waals surface area contributed by atoms with Crippen LogP contribution in [-0.4, -0.2) is 12.5 Å². The molecule has 0 amide bonds. The minimum Gasteiger partial charge on any atom is -0.497 e. The first-order valence-corrected chi connectivity index (χ1v) is 6.23. The molecule has 0 N–H and O–H groups in total. The van der Waals surface area contributed by atoms with Crippen molar-refractivity contribution in [3.8, 4) is 5.75 Å². The van der Waals surface area contributed by atoms with Crippen molar-refractivity contribution in [3.05, 3.63) is 29.8 Å². The standard InChI is InChI=1S/C14H19ClO/c1-14(2)9-12(14)13(15)8-10-5-4-6-11(7-10)16-3/h4-7,12-13H,8-9H2,1-3H3. The summed E-state index contributed by atoms with van der Waals surface area (Å²) in [6.45, 7) is 4.58. The molecule has 1 aliphatic rings. The van der Waals surface area contributed by atoms with Crippen LogP contribution in [0.15, 0.2) is 24.3 Å². The van der Waals surface area contributed by atoms with Crippen molar-refractivity contribution in [3.63, 3.8) is 0 Å². The van der Waals surface area contributed by atoms with E-state index >= 15 is 0 Å². The van der Waals surface area contributed by atoms with Crippen molar-refractivity contribution in [2.75, 3.05) is 7.11 Å². The van der Waals surface area contributed by atoms with Gasteiger partial charge in [-0.3, -0.25) is 0 Å². The van der Waals surface area contributed by atoms with Gasteiger partial charge >= 0.3 is 0 Å². The van der Waals surface area contributed by atoms with Crippen LogP contribution in [0.4, 0.5) is 0 Å². The van der Waals surface area contributed by atoms with Crippen LogP contribution in [0.2, 0.25) is 0 Å². The summed E-state index contributed by atoms with van der Waals surface area (Å²) in [5.74, 6) is 1.58. The Morgan fingerprint density at radius 1 is 1.50 bits per heavy atom. The zero-order chi connectivity index (χ0) is 11.8. The summed E-state index contributed by atoms with van der Waals surface area (Å²) in [5.41, 5.74) is 1.72. The molecule has 0 aromatic heterocycles. The summed E-state index contributed by atoms with van der Waals surface area (Å²) in [6, 6.07) is 8.18. The van der Waals surface area contributed by atoms with Gasteiger partial charge < -0.3 is 4.74 Å². The van der Waals surface area contributed by atoms with Gasteiger partial charge in [0.1, 0.15) is 5.75 Å².